The zero-order valence-electron chi connectivity index (χ0n) is 13.5. The lowest BCUT2D eigenvalue weighted by molar-refractivity contribution is 0.415. The van der Waals surface area contributed by atoms with E-state index >= 15 is 0 Å². The van der Waals surface area contributed by atoms with E-state index in [1.807, 2.05) is 30.3 Å². The first kappa shape index (κ1) is 16.0. The summed E-state index contributed by atoms with van der Waals surface area (Å²) in [4.78, 5) is 4.35. The number of ether oxygens (including phenoxy) is 1. The van der Waals surface area contributed by atoms with Crippen LogP contribution in [0.3, 0.4) is 0 Å². The average molecular weight is 326 g/mol. The molecule has 120 valence electrons. The Kier molecular flexibility index (Phi) is 4.32. The fourth-order valence-corrected chi connectivity index (χ4v) is 2.54. The molecule has 1 heterocycles. The van der Waals surface area contributed by atoms with Crippen LogP contribution in [0, 0.1) is 22.7 Å². The number of nitriles is 2. The highest BCUT2D eigenvalue weighted by atomic mass is 16.5. The van der Waals surface area contributed by atoms with Crippen molar-refractivity contribution in [3.8, 4) is 40.3 Å². The van der Waals surface area contributed by atoms with E-state index in [1.165, 1.54) is 0 Å². The first-order valence-corrected chi connectivity index (χ1v) is 7.52. The van der Waals surface area contributed by atoms with Gasteiger partial charge in [-0.2, -0.15) is 10.5 Å². The van der Waals surface area contributed by atoms with Gasteiger partial charge in [-0.15, -0.1) is 0 Å². The minimum Gasteiger partial charge on any atom is -0.497 e. The molecule has 0 amide bonds. The number of aromatic nitrogens is 1. The van der Waals surface area contributed by atoms with Crippen molar-refractivity contribution in [1.29, 1.82) is 10.5 Å². The molecule has 0 saturated carbocycles. The molecular formula is C20H14N4O. The van der Waals surface area contributed by atoms with E-state index in [1.54, 1.807) is 31.4 Å². The van der Waals surface area contributed by atoms with Crippen molar-refractivity contribution in [1.82, 2.24) is 4.98 Å². The van der Waals surface area contributed by atoms with Crippen molar-refractivity contribution in [3.63, 3.8) is 0 Å². The molecule has 25 heavy (non-hydrogen) atoms. The maximum atomic E-state index is 9.45. The zero-order chi connectivity index (χ0) is 17.8. The van der Waals surface area contributed by atoms with Crippen molar-refractivity contribution in [2.45, 2.75) is 0 Å². The molecule has 1 aromatic heterocycles. The quantitative estimate of drug-likeness (QED) is 0.790. The highest BCUT2D eigenvalue weighted by Gasteiger charge is 2.13. The van der Waals surface area contributed by atoms with Gasteiger partial charge < -0.3 is 10.5 Å². The second-order valence-electron chi connectivity index (χ2n) is 5.34. The summed E-state index contributed by atoms with van der Waals surface area (Å²) in [6, 6.07) is 20.5. The first-order chi connectivity index (χ1) is 12.2. The standard InChI is InChI=1S/C20H14N4O/c1-25-16-8-6-15(7-9-16)19-10-17(18(12-22)20(23)24-19)14-4-2-13(11-21)3-5-14/h2-10H,1H3,(H2,23,24). The molecular weight excluding hydrogens is 312 g/mol. The van der Waals surface area contributed by atoms with Crippen LogP contribution in [0.5, 0.6) is 5.75 Å². The minimum absolute atomic E-state index is 0.176. The molecule has 0 aliphatic heterocycles. The van der Waals surface area contributed by atoms with Crippen LogP contribution in [0.2, 0.25) is 0 Å². The van der Waals surface area contributed by atoms with Gasteiger partial charge >= 0.3 is 0 Å². The summed E-state index contributed by atoms with van der Waals surface area (Å²) in [5.74, 6) is 0.924. The molecule has 2 N–H and O–H groups in total. The maximum Gasteiger partial charge on any atom is 0.142 e. The summed E-state index contributed by atoms with van der Waals surface area (Å²) >= 11 is 0. The lowest BCUT2D eigenvalue weighted by Crippen LogP contribution is -1.99. The van der Waals surface area contributed by atoms with Gasteiger partial charge in [0.1, 0.15) is 23.2 Å². The predicted octanol–water partition coefficient (Wildman–Crippen LogP) is 3.75. The van der Waals surface area contributed by atoms with Crippen LogP contribution in [0.15, 0.2) is 54.6 Å². The summed E-state index contributed by atoms with van der Waals surface area (Å²) in [5, 5.41) is 18.4. The summed E-state index contributed by atoms with van der Waals surface area (Å²) in [6.07, 6.45) is 0. The van der Waals surface area contributed by atoms with E-state index in [2.05, 4.69) is 17.1 Å². The number of rotatable bonds is 3. The Morgan fingerprint density at radius 1 is 0.920 bits per heavy atom. The number of pyridine rings is 1. The third-order valence-corrected chi connectivity index (χ3v) is 3.87. The molecule has 3 rings (SSSR count). The van der Waals surface area contributed by atoms with Crippen LogP contribution in [0.1, 0.15) is 11.1 Å². The number of hydrogen-bond acceptors (Lipinski definition) is 5. The van der Waals surface area contributed by atoms with E-state index in [9.17, 15) is 5.26 Å². The number of nitrogens with two attached hydrogens (primary N) is 1. The third kappa shape index (κ3) is 3.12. The molecule has 2 aromatic carbocycles. The van der Waals surface area contributed by atoms with Gasteiger partial charge in [0.05, 0.1) is 24.4 Å². The Labute approximate surface area is 145 Å². The van der Waals surface area contributed by atoms with E-state index in [4.69, 9.17) is 15.7 Å². The van der Waals surface area contributed by atoms with Gasteiger partial charge in [0.25, 0.3) is 0 Å². The molecule has 5 nitrogen and oxygen atoms in total. The van der Waals surface area contributed by atoms with Gasteiger partial charge in [0, 0.05) is 11.1 Å². The van der Waals surface area contributed by atoms with Crippen LogP contribution < -0.4 is 10.5 Å². The number of methoxy groups -OCH3 is 1. The van der Waals surface area contributed by atoms with Gasteiger partial charge in [0.15, 0.2) is 0 Å². The summed E-state index contributed by atoms with van der Waals surface area (Å²) in [7, 11) is 1.61. The number of benzene rings is 2. The molecule has 0 spiro atoms. The van der Waals surface area contributed by atoms with Crippen molar-refractivity contribution >= 4 is 5.82 Å². The first-order valence-electron chi connectivity index (χ1n) is 7.52. The van der Waals surface area contributed by atoms with Gasteiger partial charge in [-0.05, 0) is 48.0 Å². The molecule has 0 aliphatic rings. The Balaban J connectivity index is 2.14. The molecule has 5 heteroatoms. The zero-order valence-corrected chi connectivity index (χ0v) is 13.5. The highest BCUT2D eigenvalue weighted by molar-refractivity contribution is 5.80. The molecule has 0 saturated heterocycles. The fraction of sp³-hybridized carbons (Fsp3) is 0.0500. The number of anilines is 1. The van der Waals surface area contributed by atoms with E-state index in [-0.39, 0.29) is 5.82 Å². The van der Waals surface area contributed by atoms with Crippen molar-refractivity contribution in [3.05, 3.63) is 65.7 Å². The Morgan fingerprint density at radius 3 is 2.12 bits per heavy atom. The van der Waals surface area contributed by atoms with Gasteiger partial charge in [-0.3, -0.25) is 0 Å². The molecule has 0 bridgehead atoms. The molecule has 0 fully saturated rings. The summed E-state index contributed by atoms with van der Waals surface area (Å²) in [6.45, 7) is 0. The van der Waals surface area contributed by atoms with Gasteiger partial charge in [-0.25, -0.2) is 4.98 Å². The molecule has 0 atom stereocenters. The lowest BCUT2D eigenvalue weighted by atomic mass is 9.97. The lowest BCUT2D eigenvalue weighted by Gasteiger charge is -2.11. The Morgan fingerprint density at radius 2 is 1.56 bits per heavy atom. The van der Waals surface area contributed by atoms with Crippen molar-refractivity contribution in [2.75, 3.05) is 12.8 Å². The predicted molar refractivity (Wildman–Crippen MR) is 95.5 cm³/mol. The maximum absolute atomic E-state index is 9.45. The molecule has 0 unspecified atom stereocenters. The van der Waals surface area contributed by atoms with Crippen molar-refractivity contribution < 1.29 is 4.74 Å². The van der Waals surface area contributed by atoms with Crippen LogP contribution in [-0.2, 0) is 0 Å². The Bertz CT molecular complexity index is 994. The normalized spacial score (nSPS) is 9.88. The van der Waals surface area contributed by atoms with Crippen LogP contribution in [0.4, 0.5) is 5.82 Å². The molecule has 3 aromatic rings. The second kappa shape index (κ2) is 6.74. The smallest absolute Gasteiger partial charge is 0.142 e. The number of nitrogens with zero attached hydrogens (tertiary/aromatic N) is 3. The van der Waals surface area contributed by atoms with E-state index < -0.39 is 0 Å². The molecule has 0 aliphatic carbocycles. The Hall–Kier alpha value is -3.83. The summed E-state index contributed by atoms with van der Waals surface area (Å²) in [5.41, 5.74) is 9.91. The summed E-state index contributed by atoms with van der Waals surface area (Å²) < 4.78 is 5.17. The minimum atomic E-state index is 0.176. The number of hydrogen-bond donors (Lipinski definition) is 1. The average Bonchev–Trinajstić information content (AvgIpc) is 2.67. The van der Waals surface area contributed by atoms with Crippen LogP contribution in [-0.4, -0.2) is 12.1 Å². The largest absolute Gasteiger partial charge is 0.497 e. The fourth-order valence-electron chi connectivity index (χ4n) is 2.54. The highest BCUT2D eigenvalue weighted by Crippen LogP contribution is 2.31. The van der Waals surface area contributed by atoms with Crippen LogP contribution >= 0.6 is 0 Å². The number of nitrogen functional groups attached to an aromatic ring is 1. The van der Waals surface area contributed by atoms with Crippen molar-refractivity contribution in [2.24, 2.45) is 0 Å². The topological polar surface area (TPSA) is 95.7 Å². The van der Waals surface area contributed by atoms with Gasteiger partial charge in [0.2, 0.25) is 0 Å². The van der Waals surface area contributed by atoms with Gasteiger partial charge in [-0.1, -0.05) is 12.1 Å². The van der Waals surface area contributed by atoms with Crippen LogP contribution in [0.25, 0.3) is 22.4 Å². The third-order valence-electron chi connectivity index (χ3n) is 3.87. The molecule has 0 radical (unpaired) electrons. The monoisotopic (exact) mass is 326 g/mol. The van der Waals surface area contributed by atoms with E-state index in [0.29, 0.717) is 22.4 Å². The van der Waals surface area contributed by atoms with E-state index in [0.717, 1.165) is 16.9 Å². The second-order valence-corrected chi connectivity index (χ2v) is 5.34. The SMILES string of the molecule is COc1ccc(-c2cc(-c3ccc(C#N)cc3)c(C#N)c(N)n2)cc1.